The second kappa shape index (κ2) is 4.76. The van der Waals surface area contributed by atoms with Crippen LogP contribution in [0.25, 0.3) is 0 Å². The molecular formula is C16H28N2O. The average molecular weight is 264 g/mol. The molecule has 2 N–H and O–H groups in total. The molecule has 0 aromatic carbocycles. The molecule has 0 spiro atoms. The fourth-order valence-electron chi connectivity index (χ4n) is 5.85. The minimum absolute atomic E-state index is 0.0759. The van der Waals surface area contributed by atoms with Crippen molar-refractivity contribution in [1.29, 1.82) is 0 Å². The summed E-state index contributed by atoms with van der Waals surface area (Å²) in [5.74, 6) is 2.78. The molecule has 0 heterocycles. The van der Waals surface area contributed by atoms with Gasteiger partial charge in [-0.1, -0.05) is 6.92 Å². The first-order valence-corrected chi connectivity index (χ1v) is 8.01. The van der Waals surface area contributed by atoms with Gasteiger partial charge < -0.3 is 5.73 Å². The van der Waals surface area contributed by atoms with Crippen LogP contribution >= 0.6 is 0 Å². The molecular weight excluding hydrogens is 236 g/mol. The molecule has 0 aromatic heterocycles. The molecule has 0 radical (unpaired) electrons. The molecule has 19 heavy (non-hydrogen) atoms. The van der Waals surface area contributed by atoms with Gasteiger partial charge in [0.1, 0.15) is 0 Å². The molecule has 4 saturated carbocycles. The number of likely N-dealkylation sites (N-methyl/N-ethyl adjacent to an activating group) is 1. The average Bonchev–Trinajstić information content (AvgIpc) is 2.25. The number of hydrogen-bond donors (Lipinski definition) is 1. The van der Waals surface area contributed by atoms with E-state index in [-0.39, 0.29) is 11.9 Å². The fraction of sp³-hybridized carbons (Fsp3) is 0.938. The molecule has 3 heteroatoms. The number of rotatable bonds is 5. The number of nitrogens with zero attached hydrogens (tertiary/aromatic N) is 1. The Morgan fingerprint density at radius 3 is 2.05 bits per heavy atom. The van der Waals surface area contributed by atoms with E-state index in [1.807, 2.05) is 0 Å². The lowest BCUT2D eigenvalue weighted by Gasteiger charge is -2.58. The molecule has 4 rings (SSSR count). The summed E-state index contributed by atoms with van der Waals surface area (Å²) in [6.45, 7) is 3.14. The van der Waals surface area contributed by atoms with E-state index in [9.17, 15) is 4.79 Å². The maximum atomic E-state index is 11.5. The highest BCUT2D eigenvalue weighted by molar-refractivity contribution is 5.79. The normalized spacial score (nSPS) is 41.7. The van der Waals surface area contributed by atoms with Crippen LogP contribution in [-0.4, -0.2) is 30.4 Å². The van der Waals surface area contributed by atoms with Crippen LogP contribution in [0, 0.1) is 23.2 Å². The molecule has 4 aliphatic rings. The van der Waals surface area contributed by atoms with E-state index in [1.165, 1.54) is 38.5 Å². The summed E-state index contributed by atoms with van der Waals surface area (Å²) in [7, 11) is 2.09. The van der Waals surface area contributed by atoms with E-state index in [1.54, 1.807) is 0 Å². The number of hydrogen-bond acceptors (Lipinski definition) is 2. The Morgan fingerprint density at radius 2 is 1.68 bits per heavy atom. The van der Waals surface area contributed by atoms with Crippen LogP contribution in [-0.2, 0) is 4.79 Å². The SMILES string of the molecule is CCC(C(N)=O)N(C)CC12CC3CC(CC(C3)C1)C2. The maximum Gasteiger partial charge on any atom is 0.234 e. The molecule has 4 aliphatic carbocycles. The highest BCUT2D eigenvalue weighted by atomic mass is 16.1. The Bertz CT molecular complexity index is 330. The van der Waals surface area contributed by atoms with Gasteiger partial charge in [0, 0.05) is 6.54 Å². The summed E-state index contributed by atoms with van der Waals surface area (Å²) in [5.41, 5.74) is 6.04. The molecule has 3 nitrogen and oxygen atoms in total. The van der Waals surface area contributed by atoms with Gasteiger partial charge in [0.15, 0.2) is 0 Å². The maximum absolute atomic E-state index is 11.5. The van der Waals surface area contributed by atoms with Crippen molar-refractivity contribution in [3.8, 4) is 0 Å². The Hall–Kier alpha value is -0.570. The number of nitrogens with two attached hydrogens (primary N) is 1. The van der Waals surface area contributed by atoms with E-state index in [0.29, 0.717) is 5.41 Å². The summed E-state index contributed by atoms with van der Waals surface area (Å²) < 4.78 is 0. The van der Waals surface area contributed by atoms with Crippen LogP contribution < -0.4 is 5.73 Å². The lowest BCUT2D eigenvalue weighted by molar-refractivity contribution is -0.125. The van der Waals surface area contributed by atoms with Gasteiger partial charge in [-0.3, -0.25) is 9.69 Å². The summed E-state index contributed by atoms with van der Waals surface area (Å²) >= 11 is 0. The standard InChI is InChI=1S/C16H28N2O/c1-3-14(15(17)19)18(2)10-16-7-11-4-12(8-16)6-13(5-11)9-16/h11-14H,3-10H2,1-2H3,(H2,17,19). The second-order valence-corrected chi connectivity index (χ2v) is 7.66. The zero-order chi connectivity index (χ0) is 13.6. The van der Waals surface area contributed by atoms with Gasteiger partial charge in [-0.2, -0.15) is 0 Å². The molecule has 108 valence electrons. The number of carbonyl (C=O) groups excluding carboxylic acids is 1. The third-order valence-corrected chi connectivity index (χ3v) is 6.00. The summed E-state index contributed by atoms with van der Waals surface area (Å²) in [6, 6.07) is -0.0759. The molecule has 4 fully saturated rings. The quantitative estimate of drug-likeness (QED) is 0.829. The van der Waals surface area contributed by atoms with Crippen LogP contribution in [0.5, 0.6) is 0 Å². The summed E-state index contributed by atoms with van der Waals surface area (Å²) in [6.07, 6.45) is 9.48. The van der Waals surface area contributed by atoms with Crippen LogP contribution in [0.3, 0.4) is 0 Å². The Labute approximate surface area is 116 Å². The zero-order valence-electron chi connectivity index (χ0n) is 12.4. The minimum Gasteiger partial charge on any atom is -0.368 e. The predicted octanol–water partition coefficient (Wildman–Crippen LogP) is 2.40. The van der Waals surface area contributed by atoms with E-state index >= 15 is 0 Å². The molecule has 1 amide bonds. The Balaban J connectivity index is 1.70. The lowest BCUT2D eigenvalue weighted by atomic mass is 9.49. The van der Waals surface area contributed by atoms with Gasteiger partial charge in [0.2, 0.25) is 5.91 Å². The van der Waals surface area contributed by atoms with Gasteiger partial charge in [-0.25, -0.2) is 0 Å². The van der Waals surface area contributed by atoms with Gasteiger partial charge in [-0.15, -0.1) is 0 Å². The first-order chi connectivity index (χ1) is 9.01. The molecule has 0 aromatic rings. The highest BCUT2D eigenvalue weighted by Gasteiger charge is 2.51. The second-order valence-electron chi connectivity index (χ2n) is 7.66. The monoisotopic (exact) mass is 264 g/mol. The molecule has 1 unspecified atom stereocenters. The van der Waals surface area contributed by atoms with Crippen molar-refractivity contribution in [3.05, 3.63) is 0 Å². The Morgan fingerprint density at radius 1 is 1.21 bits per heavy atom. The Kier molecular flexibility index (Phi) is 3.36. The number of carbonyl (C=O) groups is 1. The smallest absolute Gasteiger partial charge is 0.234 e. The van der Waals surface area contributed by atoms with E-state index < -0.39 is 0 Å². The van der Waals surface area contributed by atoms with Gasteiger partial charge in [-0.05, 0) is 75.2 Å². The van der Waals surface area contributed by atoms with Crippen molar-refractivity contribution in [3.63, 3.8) is 0 Å². The predicted molar refractivity (Wildman–Crippen MR) is 76.5 cm³/mol. The van der Waals surface area contributed by atoms with Crippen LogP contribution in [0.1, 0.15) is 51.9 Å². The van der Waals surface area contributed by atoms with E-state index in [4.69, 9.17) is 5.73 Å². The van der Waals surface area contributed by atoms with Gasteiger partial charge >= 0.3 is 0 Å². The lowest BCUT2D eigenvalue weighted by Crippen LogP contribution is -2.53. The van der Waals surface area contributed by atoms with Crippen molar-refractivity contribution in [2.24, 2.45) is 28.9 Å². The van der Waals surface area contributed by atoms with E-state index in [0.717, 1.165) is 30.7 Å². The third kappa shape index (κ3) is 2.42. The van der Waals surface area contributed by atoms with Crippen molar-refractivity contribution in [2.75, 3.05) is 13.6 Å². The third-order valence-electron chi connectivity index (χ3n) is 6.00. The van der Waals surface area contributed by atoms with E-state index in [2.05, 4.69) is 18.9 Å². The molecule has 0 aliphatic heterocycles. The summed E-state index contributed by atoms with van der Waals surface area (Å²) in [4.78, 5) is 13.8. The fourth-order valence-corrected chi connectivity index (χ4v) is 5.85. The van der Waals surface area contributed by atoms with Crippen LogP contribution in [0.15, 0.2) is 0 Å². The first-order valence-electron chi connectivity index (χ1n) is 8.01. The number of amides is 1. The first kappa shape index (κ1) is 13.4. The van der Waals surface area contributed by atoms with Crippen molar-refractivity contribution >= 4 is 5.91 Å². The van der Waals surface area contributed by atoms with Crippen LogP contribution in [0.2, 0.25) is 0 Å². The molecule has 4 bridgehead atoms. The largest absolute Gasteiger partial charge is 0.368 e. The van der Waals surface area contributed by atoms with Crippen molar-refractivity contribution in [2.45, 2.75) is 57.9 Å². The minimum atomic E-state index is -0.158. The molecule has 1 atom stereocenters. The molecule has 0 saturated heterocycles. The van der Waals surface area contributed by atoms with Gasteiger partial charge in [0.05, 0.1) is 6.04 Å². The summed E-state index contributed by atoms with van der Waals surface area (Å²) in [5, 5.41) is 0. The highest BCUT2D eigenvalue weighted by Crippen LogP contribution is 2.60. The van der Waals surface area contributed by atoms with Gasteiger partial charge in [0.25, 0.3) is 0 Å². The van der Waals surface area contributed by atoms with Crippen molar-refractivity contribution in [1.82, 2.24) is 4.90 Å². The number of primary amides is 1. The topological polar surface area (TPSA) is 46.3 Å². The van der Waals surface area contributed by atoms with Crippen molar-refractivity contribution < 1.29 is 4.79 Å². The van der Waals surface area contributed by atoms with Crippen LogP contribution in [0.4, 0.5) is 0 Å². The zero-order valence-corrected chi connectivity index (χ0v) is 12.4.